The smallest absolute Gasteiger partial charge is 0.0485 e. The van der Waals surface area contributed by atoms with E-state index in [2.05, 4.69) is 81.5 Å². The average Bonchev–Trinajstić information content (AvgIpc) is 2.47. The maximum atomic E-state index is 3.59. The Morgan fingerprint density at radius 1 is 0.905 bits per heavy atom. The van der Waals surface area contributed by atoms with E-state index in [-0.39, 0.29) is 0 Å². The minimum atomic E-state index is 0.324. The third kappa shape index (κ3) is 4.63. The van der Waals surface area contributed by atoms with Crippen LogP contribution in [0.1, 0.15) is 50.4 Å². The monoisotopic (exact) mass is 281 g/mol. The first-order chi connectivity index (χ1) is 10.1. The van der Waals surface area contributed by atoms with E-state index in [0.29, 0.717) is 12.0 Å². The Bertz CT molecular complexity index is 554. The first kappa shape index (κ1) is 15.6. The lowest BCUT2D eigenvalue weighted by atomic mass is 10.00. The van der Waals surface area contributed by atoms with Gasteiger partial charge in [0.25, 0.3) is 0 Å². The van der Waals surface area contributed by atoms with Crippen LogP contribution in [0.15, 0.2) is 48.5 Å². The number of hydrogen-bond acceptors (Lipinski definition) is 1. The van der Waals surface area contributed by atoms with Gasteiger partial charge >= 0.3 is 0 Å². The fourth-order valence-electron chi connectivity index (χ4n) is 2.63. The summed E-state index contributed by atoms with van der Waals surface area (Å²) < 4.78 is 0. The van der Waals surface area contributed by atoms with Gasteiger partial charge in [-0.05, 0) is 54.5 Å². The molecule has 0 bridgehead atoms. The molecule has 2 rings (SSSR count). The first-order valence-electron chi connectivity index (χ1n) is 8.02. The molecule has 0 radical (unpaired) electrons. The molecule has 2 aromatic carbocycles. The Balaban J connectivity index is 2.03. The van der Waals surface area contributed by atoms with Gasteiger partial charge in [-0.2, -0.15) is 0 Å². The van der Waals surface area contributed by atoms with Crippen molar-refractivity contribution in [2.24, 2.45) is 5.92 Å². The highest BCUT2D eigenvalue weighted by Gasteiger charge is 2.06. The van der Waals surface area contributed by atoms with Crippen molar-refractivity contribution in [1.82, 2.24) is 0 Å². The van der Waals surface area contributed by atoms with Gasteiger partial charge in [0.05, 0.1) is 0 Å². The van der Waals surface area contributed by atoms with Crippen LogP contribution in [0, 0.1) is 5.92 Å². The summed E-state index contributed by atoms with van der Waals surface area (Å²) in [5, 5.41) is 3.59. The molecule has 2 aromatic rings. The molecule has 0 spiro atoms. The summed E-state index contributed by atoms with van der Waals surface area (Å²) in [4.78, 5) is 0. The quantitative estimate of drug-likeness (QED) is 0.724. The van der Waals surface area contributed by atoms with Gasteiger partial charge in [0.2, 0.25) is 0 Å². The van der Waals surface area contributed by atoms with E-state index in [9.17, 15) is 0 Å². The van der Waals surface area contributed by atoms with Crippen LogP contribution in [0.3, 0.4) is 0 Å². The Labute approximate surface area is 129 Å². The molecule has 0 saturated carbocycles. The molecule has 0 amide bonds. The van der Waals surface area contributed by atoms with Crippen molar-refractivity contribution in [3.8, 4) is 0 Å². The number of rotatable bonds is 6. The second kappa shape index (κ2) is 7.31. The molecule has 1 unspecified atom stereocenters. The molecule has 0 heterocycles. The first-order valence-corrected chi connectivity index (χ1v) is 8.02. The molecule has 0 fully saturated rings. The fourth-order valence-corrected chi connectivity index (χ4v) is 2.63. The van der Waals surface area contributed by atoms with E-state index in [0.717, 1.165) is 12.8 Å². The average molecular weight is 281 g/mol. The van der Waals surface area contributed by atoms with Gasteiger partial charge in [-0.15, -0.1) is 0 Å². The largest absolute Gasteiger partial charge is 0.379 e. The highest BCUT2D eigenvalue weighted by molar-refractivity contribution is 5.47. The molecule has 0 aliphatic rings. The number of benzene rings is 2. The molecule has 0 aliphatic heterocycles. The minimum absolute atomic E-state index is 0.324. The van der Waals surface area contributed by atoms with Crippen molar-refractivity contribution < 1.29 is 0 Å². The molecular formula is C20H27N. The van der Waals surface area contributed by atoms with E-state index >= 15 is 0 Å². The van der Waals surface area contributed by atoms with Crippen molar-refractivity contribution in [1.29, 1.82) is 0 Å². The molecular weight excluding hydrogens is 254 g/mol. The van der Waals surface area contributed by atoms with Crippen LogP contribution in [0.2, 0.25) is 0 Å². The molecule has 1 heteroatoms. The topological polar surface area (TPSA) is 12.0 Å². The maximum Gasteiger partial charge on any atom is 0.0485 e. The van der Waals surface area contributed by atoms with Gasteiger partial charge in [-0.25, -0.2) is 0 Å². The summed E-state index contributed by atoms with van der Waals surface area (Å²) in [7, 11) is 0. The van der Waals surface area contributed by atoms with Gasteiger partial charge in [0.15, 0.2) is 0 Å². The van der Waals surface area contributed by atoms with Crippen molar-refractivity contribution in [2.45, 2.75) is 46.6 Å². The predicted octanol–water partition coefficient (Wildman–Crippen LogP) is 5.62. The second-order valence-corrected chi connectivity index (χ2v) is 6.26. The predicted molar refractivity (Wildman–Crippen MR) is 92.8 cm³/mol. The molecule has 21 heavy (non-hydrogen) atoms. The Morgan fingerprint density at radius 2 is 1.62 bits per heavy atom. The lowest BCUT2D eigenvalue weighted by Crippen LogP contribution is -2.07. The van der Waals surface area contributed by atoms with Gasteiger partial charge in [0.1, 0.15) is 0 Å². The highest BCUT2D eigenvalue weighted by Crippen LogP contribution is 2.21. The van der Waals surface area contributed by atoms with E-state index < -0.39 is 0 Å². The number of nitrogens with one attached hydrogen (secondary N) is 1. The second-order valence-electron chi connectivity index (χ2n) is 6.26. The molecule has 0 aliphatic carbocycles. The molecule has 1 N–H and O–H groups in total. The third-order valence-electron chi connectivity index (χ3n) is 3.84. The van der Waals surface area contributed by atoms with Crippen LogP contribution in [-0.2, 0) is 12.8 Å². The lowest BCUT2D eigenvalue weighted by molar-refractivity contribution is 0.647. The SMILES string of the molecule is CCc1cccc(NC(C)c2ccc(CC(C)C)cc2)c1. The summed E-state index contributed by atoms with van der Waals surface area (Å²) in [5.41, 5.74) is 5.34. The van der Waals surface area contributed by atoms with Gasteiger partial charge < -0.3 is 5.32 Å². The van der Waals surface area contributed by atoms with Gasteiger partial charge in [-0.1, -0.05) is 57.2 Å². The summed E-state index contributed by atoms with van der Waals surface area (Å²) in [6.45, 7) is 8.93. The zero-order chi connectivity index (χ0) is 15.2. The van der Waals surface area contributed by atoms with Crippen LogP contribution in [0.4, 0.5) is 5.69 Å². The molecule has 1 nitrogen and oxygen atoms in total. The van der Waals surface area contributed by atoms with E-state index in [1.165, 1.54) is 22.4 Å². The van der Waals surface area contributed by atoms with Crippen LogP contribution >= 0.6 is 0 Å². The molecule has 0 saturated heterocycles. The van der Waals surface area contributed by atoms with E-state index in [4.69, 9.17) is 0 Å². The normalized spacial score (nSPS) is 12.4. The minimum Gasteiger partial charge on any atom is -0.379 e. The third-order valence-corrected chi connectivity index (χ3v) is 3.84. The lowest BCUT2D eigenvalue weighted by Gasteiger charge is -2.17. The van der Waals surface area contributed by atoms with Crippen LogP contribution < -0.4 is 5.32 Å². The van der Waals surface area contributed by atoms with Crippen LogP contribution in [0.5, 0.6) is 0 Å². The van der Waals surface area contributed by atoms with Gasteiger partial charge in [0, 0.05) is 11.7 Å². The Kier molecular flexibility index (Phi) is 5.44. The zero-order valence-electron chi connectivity index (χ0n) is 13.7. The summed E-state index contributed by atoms with van der Waals surface area (Å²) in [6.07, 6.45) is 2.23. The number of anilines is 1. The van der Waals surface area contributed by atoms with E-state index in [1.54, 1.807) is 0 Å². The summed E-state index contributed by atoms with van der Waals surface area (Å²) >= 11 is 0. The summed E-state index contributed by atoms with van der Waals surface area (Å²) in [5.74, 6) is 0.711. The van der Waals surface area contributed by atoms with E-state index in [1.807, 2.05) is 0 Å². The summed E-state index contributed by atoms with van der Waals surface area (Å²) in [6, 6.07) is 18.0. The number of hydrogen-bond donors (Lipinski definition) is 1. The van der Waals surface area contributed by atoms with Crippen molar-refractivity contribution in [3.63, 3.8) is 0 Å². The molecule has 1 atom stereocenters. The standard InChI is InChI=1S/C20H27N/c1-5-17-7-6-8-20(14-17)21-16(4)19-11-9-18(10-12-19)13-15(2)3/h6-12,14-16,21H,5,13H2,1-4H3. The Morgan fingerprint density at radius 3 is 2.24 bits per heavy atom. The Hall–Kier alpha value is -1.76. The molecule has 112 valence electrons. The van der Waals surface area contributed by atoms with Crippen molar-refractivity contribution in [2.75, 3.05) is 5.32 Å². The van der Waals surface area contributed by atoms with Crippen molar-refractivity contribution >= 4 is 5.69 Å². The van der Waals surface area contributed by atoms with Crippen LogP contribution in [0.25, 0.3) is 0 Å². The molecule has 0 aromatic heterocycles. The number of aryl methyl sites for hydroxylation is 1. The zero-order valence-corrected chi connectivity index (χ0v) is 13.7. The van der Waals surface area contributed by atoms with Crippen molar-refractivity contribution in [3.05, 3.63) is 65.2 Å². The van der Waals surface area contributed by atoms with Crippen LogP contribution in [-0.4, -0.2) is 0 Å². The van der Waals surface area contributed by atoms with Gasteiger partial charge in [-0.3, -0.25) is 0 Å². The maximum absolute atomic E-state index is 3.59. The fraction of sp³-hybridized carbons (Fsp3) is 0.400. The highest BCUT2D eigenvalue weighted by atomic mass is 14.9.